The van der Waals surface area contributed by atoms with Gasteiger partial charge in [0.2, 0.25) is 0 Å². The first-order valence-corrected chi connectivity index (χ1v) is 3.91. The van der Waals surface area contributed by atoms with E-state index in [2.05, 4.69) is 6.07 Å². The van der Waals surface area contributed by atoms with Crippen LogP contribution < -0.4 is 5.84 Å². The Labute approximate surface area is 70.5 Å². The van der Waals surface area contributed by atoms with Crippen LogP contribution in [0.25, 0.3) is 0 Å². The van der Waals surface area contributed by atoms with E-state index in [1.807, 2.05) is 12.1 Å². The molecule has 0 aliphatic carbocycles. The highest BCUT2D eigenvalue weighted by atomic mass is 35.5. The molecular formula is C8H9ClN2. The molecular weight excluding hydrogens is 160 g/mol. The van der Waals surface area contributed by atoms with Crippen molar-refractivity contribution in [2.45, 2.75) is 13.1 Å². The lowest BCUT2D eigenvalue weighted by atomic mass is 10.1. The average Bonchev–Trinajstić information content (AvgIpc) is 2.31. The van der Waals surface area contributed by atoms with Gasteiger partial charge in [-0.2, -0.15) is 0 Å². The third-order valence-electron chi connectivity index (χ3n) is 1.95. The molecule has 0 bridgehead atoms. The number of fused-ring (bicyclic) bond motifs is 1. The number of hydrogen-bond donors (Lipinski definition) is 1. The monoisotopic (exact) mass is 168 g/mol. The van der Waals surface area contributed by atoms with Crippen molar-refractivity contribution < 1.29 is 0 Å². The highest BCUT2D eigenvalue weighted by molar-refractivity contribution is 6.31. The summed E-state index contributed by atoms with van der Waals surface area (Å²) >= 11 is 5.95. The van der Waals surface area contributed by atoms with Crippen LogP contribution in [0, 0.1) is 0 Å². The normalized spacial score (nSPS) is 16.9. The van der Waals surface area contributed by atoms with Crippen molar-refractivity contribution in [2.75, 3.05) is 0 Å². The Kier molecular flexibility index (Phi) is 1.60. The smallest absolute Gasteiger partial charge is 0.0454 e. The van der Waals surface area contributed by atoms with Crippen LogP contribution in [0.2, 0.25) is 5.02 Å². The zero-order valence-electron chi connectivity index (χ0n) is 6.05. The quantitative estimate of drug-likeness (QED) is 0.596. The number of halogens is 1. The predicted octanol–water partition coefficient (Wildman–Crippen LogP) is 1.53. The second kappa shape index (κ2) is 2.48. The summed E-state index contributed by atoms with van der Waals surface area (Å²) in [5.41, 5.74) is 2.43. The Hall–Kier alpha value is -0.570. The lowest BCUT2D eigenvalue weighted by Crippen LogP contribution is -2.23. The minimum atomic E-state index is 0.773. The molecule has 58 valence electrons. The van der Waals surface area contributed by atoms with Crippen LogP contribution in [0.15, 0.2) is 18.2 Å². The fraction of sp³-hybridized carbons (Fsp3) is 0.250. The van der Waals surface area contributed by atoms with Gasteiger partial charge in [-0.05, 0) is 17.2 Å². The van der Waals surface area contributed by atoms with Crippen molar-refractivity contribution in [1.29, 1.82) is 0 Å². The second-order valence-electron chi connectivity index (χ2n) is 2.78. The van der Waals surface area contributed by atoms with E-state index < -0.39 is 0 Å². The van der Waals surface area contributed by atoms with Gasteiger partial charge in [0.1, 0.15) is 0 Å². The number of benzene rings is 1. The van der Waals surface area contributed by atoms with Crippen LogP contribution in [0.1, 0.15) is 11.1 Å². The maximum Gasteiger partial charge on any atom is 0.0454 e. The van der Waals surface area contributed by atoms with E-state index in [1.54, 1.807) is 5.01 Å². The first kappa shape index (κ1) is 7.10. The molecule has 0 aromatic heterocycles. The van der Waals surface area contributed by atoms with Gasteiger partial charge < -0.3 is 0 Å². The van der Waals surface area contributed by atoms with Gasteiger partial charge in [-0.25, -0.2) is 5.01 Å². The van der Waals surface area contributed by atoms with Crippen LogP contribution in [0.5, 0.6) is 0 Å². The maximum absolute atomic E-state index is 5.95. The molecule has 2 rings (SSSR count). The molecule has 0 spiro atoms. The molecule has 2 N–H and O–H groups in total. The number of nitrogens with two attached hydrogens (primary N) is 1. The molecule has 1 aromatic rings. The molecule has 0 amide bonds. The molecule has 2 nitrogen and oxygen atoms in total. The van der Waals surface area contributed by atoms with Crippen molar-refractivity contribution >= 4 is 11.6 Å². The SMILES string of the molecule is NN1Cc2cccc(Cl)c2C1. The number of hydrogen-bond acceptors (Lipinski definition) is 2. The Bertz CT molecular complexity index is 285. The number of hydrazine groups is 1. The predicted molar refractivity (Wildman–Crippen MR) is 44.9 cm³/mol. The van der Waals surface area contributed by atoms with E-state index in [1.165, 1.54) is 11.1 Å². The molecule has 0 radical (unpaired) electrons. The van der Waals surface area contributed by atoms with E-state index in [-0.39, 0.29) is 0 Å². The van der Waals surface area contributed by atoms with Gasteiger partial charge in [0, 0.05) is 18.1 Å². The molecule has 1 aliphatic rings. The van der Waals surface area contributed by atoms with E-state index in [9.17, 15) is 0 Å². The highest BCUT2D eigenvalue weighted by Crippen LogP contribution is 2.26. The number of nitrogens with zero attached hydrogens (tertiary/aromatic N) is 1. The average molecular weight is 169 g/mol. The molecule has 0 fully saturated rings. The summed E-state index contributed by atoms with van der Waals surface area (Å²) in [4.78, 5) is 0. The molecule has 1 heterocycles. The van der Waals surface area contributed by atoms with E-state index in [0.29, 0.717) is 0 Å². The van der Waals surface area contributed by atoms with E-state index in [0.717, 1.165) is 18.1 Å². The summed E-state index contributed by atoms with van der Waals surface area (Å²) in [5.74, 6) is 5.63. The lowest BCUT2D eigenvalue weighted by molar-refractivity contribution is 0.295. The third kappa shape index (κ3) is 1.13. The molecule has 1 aliphatic heterocycles. The molecule has 11 heavy (non-hydrogen) atoms. The van der Waals surface area contributed by atoms with E-state index in [4.69, 9.17) is 17.4 Å². The lowest BCUT2D eigenvalue weighted by Gasteiger charge is -2.03. The molecule has 0 saturated carbocycles. The Morgan fingerprint density at radius 2 is 2.18 bits per heavy atom. The van der Waals surface area contributed by atoms with Gasteiger partial charge in [0.15, 0.2) is 0 Å². The Balaban J connectivity index is 2.49. The first-order chi connectivity index (χ1) is 5.27. The van der Waals surface area contributed by atoms with Crippen molar-refractivity contribution in [3.05, 3.63) is 34.3 Å². The first-order valence-electron chi connectivity index (χ1n) is 3.53. The van der Waals surface area contributed by atoms with Crippen LogP contribution >= 0.6 is 11.6 Å². The van der Waals surface area contributed by atoms with Gasteiger partial charge in [-0.3, -0.25) is 5.84 Å². The van der Waals surface area contributed by atoms with Gasteiger partial charge >= 0.3 is 0 Å². The number of rotatable bonds is 0. The fourth-order valence-corrected chi connectivity index (χ4v) is 1.66. The Morgan fingerprint density at radius 1 is 1.36 bits per heavy atom. The standard InChI is InChI=1S/C8H9ClN2/c9-8-3-1-2-6-4-11(10)5-7(6)8/h1-3H,4-5,10H2. The summed E-state index contributed by atoms with van der Waals surface area (Å²) in [6.07, 6.45) is 0. The Morgan fingerprint density at radius 3 is 2.91 bits per heavy atom. The zero-order chi connectivity index (χ0) is 7.84. The van der Waals surface area contributed by atoms with E-state index >= 15 is 0 Å². The van der Waals surface area contributed by atoms with Crippen molar-refractivity contribution in [1.82, 2.24) is 5.01 Å². The molecule has 3 heteroatoms. The fourth-order valence-electron chi connectivity index (χ4n) is 1.41. The molecule has 1 aromatic carbocycles. The van der Waals surface area contributed by atoms with Crippen LogP contribution in [-0.4, -0.2) is 5.01 Å². The van der Waals surface area contributed by atoms with Crippen molar-refractivity contribution in [2.24, 2.45) is 5.84 Å². The van der Waals surface area contributed by atoms with Gasteiger partial charge in [0.25, 0.3) is 0 Å². The van der Waals surface area contributed by atoms with Crippen LogP contribution in [0.3, 0.4) is 0 Å². The van der Waals surface area contributed by atoms with Crippen molar-refractivity contribution in [3.8, 4) is 0 Å². The highest BCUT2D eigenvalue weighted by Gasteiger charge is 2.17. The summed E-state index contributed by atoms with van der Waals surface area (Å²) in [5, 5.41) is 2.59. The minimum absolute atomic E-state index is 0.773. The molecule has 0 saturated heterocycles. The second-order valence-corrected chi connectivity index (χ2v) is 3.19. The summed E-state index contributed by atoms with van der Waals surface area (Å²) < 4.78 is 0. The maximum atomic E-state index is 5.95. The van der Waals surface area contributed by atoms with Crippen molar-refractivity contribution in [3.63, 3.8) is 0 Å². The van der Waals surface area contributed by atoms with Gasteiger partial charge in [-0.15, -0.1) is 0 Å². The minimum Gasteiger partial charge on any atom is -0.268 e. The topological polar surface area (TPSA) is 29.3 Å². The zero-order valence-corrected chi connectivity index (χ0v) is 6.80. The molecule has 0 unspecified atom stereocenters. The third-order valence-corrected chi connectivity index (χ3v) is 2.30. The van der Waals surface area contributed by atoms with Gasteiger partial charge in [0.05, 0.1) is 0 Å². The summed E-state index contributed by atoms with van der Waals surface area (Å²) in [6, 6.07) is 5.92. The van der Waals surface area contributed by atoms with Gasteiger partial charge in [-0.1, -0.05) is 23.7 Å². The van der Waals surface area contributed by atoms with Crippen LogP contribution in [0.4, 0.5) is 0 Å². The largest absolute Gasteiger partial charge is 0.268 e. The summed E-state index contributed by atoms with van der Waals surface area (Å²) in [7, 11) is 0. The summed E-state index contributed by atoms with van der Waals surface area (Å²) in [6.45, 7) is 1.59. The molecule has 0 atom stereocenters. The van der Waals surface area contributed by atoms with Crippen LogP contribution in [-0.2, 0) is 13.1 Å².